The number of nitrogens with two attached hydrogens (primary N) is 1. The van der Waals surface area contributed by atoms with Gasteiger partial charge in [-0.25, -0.2) is 4.98 Å². The van der Waals surface area contributed by atoms with Crippen molar-refractivity contribution >= 4 is 29.1 Å². The van der Waals surface area contributed by atoms with E-state index in [1.54, 1.807) is 36.2 Å². The Hall–Kier alpha value is -1.44. The molecule has 7 heteroatoms. The number of thiazole rings is 1. The predicted octanol–water partition coefficient (Wildman–Crippen LogP) is 2.33. The van der Waals surface area contributed by atoms with Gasteiger partial charge in [-0.15, -0.1) is 11.3 Å². The molecule has 112 valence electrons. The minimum absolute atomic E-state index is 0.350. The van der Waals surface area contributed by atoms with Crippen molar-refractivity contribution in [2.75, 3.05) is 12.4 Å². The summed E-state index contributed by atoms with van der Waals surface area (Å²) in [6.45, 7) is 2.13. The lowest BCUT2D eigenvalue weighted by Gasteiger charge is -2.09. The van der Waals surface area contributed by atoms with Gasteiger partial charge in [0.2, 0.25) is 0 Å². The maximum atomic E-state index is 11.4. The Kier molecular flexibility index (Phi) is 6.16. The van der Waals surface area contributed by atoms with Gasteiger partial charge >= 0.3 is 5.97 Å². The lowest BCUT2D eigenvalue weighted by atomic mass is 10.4. The van der Waals surface area contributed by atoms with Crippen molar-refractivity contribution in [3.05, 3.63) is 35.5 Å². The molecule has 2 aromatic rings. The summed E-state index contributed by atoms with van der Waals surface area (Å²) in [5.41, 5.74) is 7.59. The van der Waals surface area contributed by atoms with E-state index >= 15 is 0 Å². The van der Waals surface area contributed by atoms with Crippen molar-refractivity contribution < 1.29 is 9.53 Å². The van der Waals surface area contributed by atoms with Crippen molar-refractivity contribution in [1.82, 2.24) is 9.97 Å². The summed E-state index contributed by atoms with van der Waals surface area (Å²) < 4.78 is 4.87. The van der Waals surface area contributed by atoms with Crippen LogP contribution in [0.1, 0.15) is 12.6 Å². The zero-order chi connectivity index (χ0) is 15.1. The summed E-state index contributed by atoms with van der Waals surface area (Å²) >= 11 is 3.14. The SMILES string of the molecule is CCOC(=O)C(N)CSCc1csc(-c2ccccn2)n1. The van der Waals surface area contributed by atoms with Crippen LogP contribution in [0.25, 0.3) is 10.7 Å². The molecule has 1 unspecified atom stereocenters. The molecule has 0 saturated carbocycles. The van der Waals surface area contributed by atoms with Crippen LogP contribution in [0.5, 0.6) is 0 Å². The summed E-state index contributed by atoms with van der Waals surface area (Å²) in [5, 5.41) is 2.91. The van der Waals surface area contributed by atoms with E-state index in [-0.39, 0.29) is 5.97 Å². The molecule has 2 rings (SSSR count). The molecule has 0 saturated heterocycles. The topological polar surface area (TPSA) is 78.1 Å². The van der Waals surface area contributed by atoms with Gasteiger partial charge in [0.05, 0.1) is 18.0 Å². The van der Waals surface area contributed by atoms with Crippen molar-refractivity contribution in [3.8, 4) is 10.7 Å². The Morgan fingerprint density at radius 2 is 2.38 bits per heavy atom. The number of aromatic nitrogens is 2. The van der Waals surface area contributed by atoms with Crippen LogP contribution in [0.4, 0.5) is 0 Å². The van der Waals surface area contributed by atoms with E-state index in [2.05, 4.69) is 9.97 Å². The molecule has 0 aromatic carbocycles. The fourth-order valence-corrected chi connectivity index (χ4v) is 3.35. The Bertz CT molecular complexity index is 575. The van der Waals surface area contributed by atoms with Gasteiger partial charge in [0.25, 0.3) is 0 Å². The molecule has 0 fully saturated rings. The number of rotatable bonds is 7. The molecule has 0 radical (unpaired) electrons. The molecule has 2 N–H and O–H groups in total. The van der Waals surface area contributed by atoms with Crippen LogP contribution in [0.3, 0.4) is 0 Å². The van der Waals surface area contributed by atoms with E-state index < -0.39 is 6.04 Å². The molecule has 1 atom stereocenters. The molecule has 2 heterocycles. The lowest BCUT2D eigenvalue weighted by Crippen LogP contribution is -2.34. The largest absolute Gasteiger partial charge is 0.465 e. The molecular formula is C14H17N3O2S2. The monoisotopic (exact) mass is 323 g/mol. The lowest BCUT2D eigenvalue weighted by molar-refractivity contribution is -0.144. The van der Waals surface area contributed by atoms with E-state index in [1.807, 2.05) is 23.6 Å². The summed E-state index contributed by atoms with van der Waals surface area (Å²) in [4.78, 5) is 20.2. The molecule has 0 aliphatic carbocycles. The van der Waals surface area contributed by atoms with Crippen LogP contribution in [0, 0.1) is 0 Å². The number of carbonyl (C=O) groups is 1. The predicted molar refractivity (Wildman–Crippen MR) is 86.1 cm³/mol. The fraction of sp³-hybridized carbons (Fsp3) is 0.357. The minimum Gasteiger partial charge on any atom is -0.465 e. The zero-order valence-electron chi connectivity index (χ0n) is 11.7. The van der Waals surface area contributed by atoms with E-state index in [1.165, 1.54) is 0 Å². The van der Waals surface area contributed by atoms with Crippen molar-refractivity contribution in [2.24, 2.45) is 5.73 Å². The number of carbonyl (C=O) groups excluding carboxylic acids is 1. The van der Waals surface area contributed by atoms with Gasteiger partial charge < -0.3 is 10.5 Å². The summed E-state index contributed by atoms with van der Waals surface area (Å²) in [6.07, 6.45) is 1.75. The number of thioether (sulfide) groups is 1. The number of nitrogens with zero attached hydrogens (tertiary/aromatic N) is 2. The molecule has 21 heavy (non-hydrogen) atoms. The first-order valence-electron chi connectivity index (χ1n) is 6.56. The molecule has 0 aliphatic rings. The first-order valence-corrected chi connectivity index (χ1v) is 8.60. The molecule has 0 aliphatic heterocycles. The van der Waals surface area contributed by atoms with Crippen LogP contribution in [0.2, 0.25) is 0 Å². The Labute approximate surface area is 131 Å². The Balaban J connectivity index is 1.82. The van der Waals surface area contributed by atoms with Gasteiger partial charge in [-0.05, 0) is 19.1 Å². The first-order chi connectivity index (χ1) is 10.2. The normalized spacial score (nSPS) is 12.1. The quantitative estimate of drug-likeness (QED) is 0.788. The zero-order valence-corrected chi connectivity index (χ0v) is 13.3. The van der Waals surface area contributed by atoms with Gasteiger partial charge in [-0.1, -0.05) is 6.07 Å². The van der Waals surface area contributed by atoms with E-state index in [0.717, 1.165) is 22.1 Å². The van der Waals surface area contributed by atoms with Crippen molar-refractivity contribution in [2.45, 2.75) is 18.7 Å². The number of ether oxygens (including phenoxy) is 1. The van der Waals surface area contributed by atoms with E-state index in [0.29, 0.717) is 12.4 Å². The maximum absolute atomic E-state index is 11.4. The van der Waals surface area contributed by atoms with E-state index in [4.69, 9.17) is 10.5 Å². The highest BCUT2D eigenvalue weighted by molar-refractivity contribution is 7.98. The highest BCUT2D eigenvalue weighted by Crippen LogP contribution is 2.23. The summed E-state index contributed by atoms with van der Waals surface area (Å²) in [7, 11) is 0. The molecule has 0 spiro atoms. The smallest absolute Gasteiger partial charge is 0.323 e. The second-order valence-corrected chi connectivity index (χ2v) is 6.12. The molecule has 2 aromatic heterocycles. The summed E-state index contributed by atoms with van der Waals surface area (Å²) in [6, 6.07) is 5.18. The minimum atomic E-state index is -0.580. The molecule has 0 bridgehead atoms. The number of hydrogen-bond acceptors (Lipinski definition) is 7. The average Bonchev–Trinajstić information content (AvgIpc) is 2.97. The second kappa shape index (κ2) is 8.11. The van der Waals surface area contributed by atoms with Crippen molar-refractivity contribution in [3.63, 3.8) is 0 Å². The van der Waals surface area contributed by atoms with Gasteiger partial charge in [0.15, 0.2) is 0 Å². The van der Waals surface area contributed by atoms with Gasteiger partial charge in [0.1, 0.15) is 11.0 Å². The third-order valence-corrected chi connectivity index (χ3v) is 4.58. The van der Waals surface area contributed by atoms with Crippen LogP contribution in [-0.4, -0.2) is 34.3 Å². The standard InChI is InChI=1S/C14H17N3O2S2/c1-2-19-14(18)11(15)9-20-7-10-8-21-13(17-10)12-5-3-4-6-16-12/h3-6,8,11H,2,7,9,15H2,1H3. The van der Waals surface area contributed by atoms with Gasteiger partial charge in [0, 0.05) is 23.1 Å². The van der Waals surface area contributed by atoms with Crippen molar-refractivity contribution in [1.29, 1.82) is 0 Å². The van der Waals surface area contributed by atoms with Gasteiger partial charge in [-0.3, -0.25) is 9.78 Å². The number of esters is 1. The van der Waals surface area contributed by atoms with Gasteiger partial charge in [-0.2, -0.15) is 11.8 Å². The highest BCUT2D eigenvalue weighted by atomic mass is 32.2. The highest BCUT2D eigenvalue weighted by Gasteiger charge is 2.14. The second-order valence-electron chi connectivity index (χ2n) is 4.23. The molecule has 0 amide bonds. The third kappa shape index (κ3) is 4.80. The van der Waals surface area contributed by atoms with Crippen LogP contribution in [-0.2, 0) is 15.3 Å². The summed E-state index contributed by atoms with van der Waals surface area (Å²) in [5.74, 6) is 0.892. The average molecular weight is 323 g/mol. The Morgan fingerprint density at radius 1 is 1.52 bits per heavy atom. The Morgan fingerprint density at radius 3 is 3.10 bits per heavy atom. The van der Waals surface area contributed by atoms with E-state index in [9.17, 15) is 4.79 Å². The number of hydrogen-bond donors (Lipinski definition) is 1. The number of pyridine rings is 1. The third-order valence-electron chi connectivity index (χ3n) is 2.57. The molecule has 5 nitrogen and oxygen atoms in total. The van der Waals surface area contributed by atoms with Crippen LogP contribution < -0.4 is 5.73 Å². The first kappa shape index (κ1) is 15.9. The fourth-order valence-electron chi connectivity index (χ4n) is 1.59. The molecular weight excluding hydrogens is 306 g/mol. The maximum Gasteiger partial charge on any atom is 0.323 e. The van der Waals surface area contributed by atoms with Crippen LogP contribution in [0.15, 0.2) is 29.8 Å². The van der Waals surface area contributed by atoms with Crippen LogP contribution >= 0.6 is 23.1 Å².